The summed E-state index contributed by atoms with van der Waals surface area (Å²) in [6.07, 6.45) is 9.01. The van der Waals surface area contributed by atoms with Gasteiger partial charge in [0.25, 0.3) is 0 Å². The number of rotatable bonds is 4. The van der Waals surface area contributed by atoms with Gasteiger partial charge < -0.3 is 5.32 Å². The Bertz CT molecular complexity index is 453. The zero-order valence-corrected chi connectivity index (χ0v) is 15.4. The van der Waals surface area contributed by atoms with Gasteiger partial charge in [0.15, 0.2) is 0 Å². The first-order chi connectivity index (χ1) is 9.90. The zero-order chi connectivity index (χ0) is 15.5. The van der Waals surface area contributed by atoms with Crippen molar-refractivity contribution in [1.29, 1.82) is 0 Å². The standard InChI is InChI=1S/C18H29BrN2/c1-5-21-17-7-6-15(18(2,3)4)10-14(17)8-13-9-16(19)12-20-11-13/h9,11-12,14-15,17,21H,5-8,10H2,1-4H3. The smallest absolute Gasteiger partial charge is 0.0410 e. The van der Waals surface area contributed by atoms with E-state index in [2.05, 4.69) is 60.0 Å². The van der Waals surface area contributed by atoms with Crippen molar-refractivity contribution in [3.05, 3.63) is 28.5 Å². The highest BCUT2D eigenvalue weighted by molar-refractivity contribution is 9.10. The fraction of sp³-hybridized carbons (Fsp3) is 0.722. The van der Waals surface area contributed by atoms with E-state index >= 15 is 0 Å². The molecule has 2 nitrogen and oxygen atoms in total. The quantitative estimate of drug-likeness (QED) is 0.839. The van der Waals surface area contributed by atoms with Crippen LogP contribution in [-0.4, -0.2) is 17.6 Å². The maximum absolute atomic E-state index is 4.32. The molecule has 0 radical (unpaired) electrons. The first kappa shape index (κ1) is 17.0. The lowest BCUT2D eigenvalue weighted by Crippen LogP contribution is -2.43. The van der Waals surface area contributed by atoms with Crippen LogP contribution < -0.4 is 5.32 Å². The molecule has 0 aliphatic heterocycles. The predicted molar refractivity (Wildman–Crippen MR) is 93.4 cm³/mol. The maximum atomic E-state index is 4.32. The molecule has 1 heterocycles. The molecule has 0 saturated heterocycles. The number of pyridine rings is 1. The summed E-state index contributed by atoms with van der Waals surface area (Å²) in [5.74, 6) is 1.55. The first-order valence-corrected chi connectivity index (χ1v) is 9.02. The molecule has 1 N–H and O–H groups in total. The number of nitrogens with zero attached hydrogens (tertiary/aromatic N) is 1. The molecular formula is C18H29BrN2. The topological polar surface area (TPSA) is 24.9 Å². The van der Waals surface area contributed by atoms with Crippen LogP contribution >= 0.6 is 15.9 Å². The Hall–Kier alpha value is -0.410. The third kappa shape index (κ3) is 4.79. The van der Waals surface area contributed by atoms with Crippen LogP contribution in [0.5, 0.6) is 0 Å². The summed E-state index contributed by atoms with van der Waals surface area (Å²) in [4.78, 5) is 4.32. The van der Waals surface area contributed by atoms with E-state index in [0.29, 0.717) is 11.5 Å². The molecule has 1 aromatic rings. The van der Waals surface area contributed by atoms with Crippen LogP contribution in [0, 0.1) is 17.3 Å². The lowest BCUT2D eigenvalue weighted by molar-refractivity contribution is 0.114. The van der Waals surface area contributed by atoms with Crippen LogP contribution in [0.25, 0.3) is 0 Å². The van der Waals surface area contributed by atoms with Crippen LogP contribution in [0.1, 0.15) is 52.5 Å². The molecule has 1 aliphatic carbocycles. The van der Waals surface area contributed by atoms with Crippen molar-refractivity contribution in [3.63, 3.8) is 0 Å². The summed E-state index contributed by atoms with van der Waals surface area (Å²) in [5.41, 5.74) is 1.78. The minimum Gasteiger partial charge on any atom is -0.314 e. The van der Waals surface area contributed by atoms with Gasteiger partial charge in [-0.2, -0.15) is 0 Å². The second-order valence-corrected chi connectivity index (χ2v) is 8.43. The van der Waals surface area contributed by atoms with Gasteiger partial charge in [0.05, 0.1) is 0 Å². The lowest BCUT2D eigenvalue weighted by atomic mass is 9.66. The van der Waals surface area contributed by atoms with Crippen LogP contribution in [0.3, 0.4) is 0 Å². The van der Waals surface area contributed by atoms with E-state index in [0.717, 1.165) is 29.3 Å². The van der Waals surface area contributed by atoms with Crippen LogP contribution in [0.15, 0.2) is 22.9 Å². The maximum Gasteiger partial charge on any atom is 0.0410 e. The number of hydrogen-bond acceptors (Lipinski definition) is 2. The van der Waals surface area contributed by atoms with Crippen molar-refractivity contribution in [1.82, 2.24) is 10.3 Å². The van der Waals surface area contributed by atoms with Crippen molar-refractivity contribution < 1.29 is 0 Å². The fourth-order valence-corrected chi connectivity index (χ4v) is 4.09. The van der Waals surface area contributed by atoms with Crippen LogP contribution in [0.4, 0.5) is 0 Å². The molecule has 2 rings (SSSR count). The number of aromatic nitrogens is 1. The van der Waals surface area contributed by atoms with E-state index in [1.807, 2.05) is 12.4 Å². The normalized spacial score (nSPS) is 26.8. The van der Waals surface area contributed by atoms with Crippen molar-refractivity contribution in [2.45, 2.75) is 59.4 Å². The van der Waals surface area contributed by atoms with E-state index in [1.54, 1.807) is 0 Å². The second-order valence-electron chi connectivity index (χ2n) is 7.52. The van der Waals surface area contributed by atoms with Crippen molar-refractivity contribution in [2.24, 2.45) is 17.3 Å². The van der Waals surface area contributed by atoms with Crippen molar-refractivity contribution in [3.8, 4) is 0 Å². The summed E-state index contributed by atoms with van der Waals surface area (Å²) in [6, 6.07) is 2.88. The van der Waals surface area contributed by atoms with Crippen molar-refractivity contribution in [2.75, 3.05) is 6.54 Å². The molecule has 1 aromatic heterocycles. The van der Waals surface area contributed by atoms with Gasteiger partial charge in [0.1, 0.15) is 0 Å². The first-order valence-electron chi connectivity index (χ1n) is 8.23. The molecule has 0 amide bonds. The number of nitrogens with one attached hydrogen (secondary N) is 1. The highest BCUT2D eigenvalue weighted by atomic mass is 79.9. The highest BCUT2D eigenvalue weighted by Crippen LogP contribution is 2.41. The summed E-state index contributed by atoms with van der Waals surface area (Å²) in [6.45, 7) is 10.5. The van der Waals surface area contributed by atoms with Gasteiger partial charge in [-0.05, 0) is 77.0 Å². The molecule has 3 unspecified atom stereocenters. The molecule has 1 saturated carbocycles. The molecule has 21 heavy (non-hydrogen) atoms. The fourth-order valence-electron chi connectivity index (χ4n) is 3.68. The minimum absolute atomic E-state index is 0.422. The summed E-state index contributed by atoms with van der Waals surface area (Å²) in [5, 5.41) is 3.71. The molecule has 1 aliphatic rings. The molecule has 3 atom stereocenters. The third-order valence-corrected chi connectivity index (χ3v) is 5.37. The molecule has 3 heteroatoms. The number of hydrogen-bond donors (Lipinski definition) is 1. The van der Waals surface area contributed by atoms with E-state index in [9.17, 15) is 0 Å². The van der Waals surface area contributed by atoms with E-state index in [4.69, 9.17) is 0 Å². The van der Waals surface area contributed by atoms with Gasteiger partial charge in [-0.3, -0.25) is 4.98 Å². The lowest BCUT2D eigenvalue weighted by Gasteiger charge is -2.42. The summed E-state index contributed by atoms with van der Waals surface area (Å²) < 4.78 is 1.09. The summed E-state index contributed by atoms with van der Waals surface area (Å²) in [7, 11) is 0. The Morgan fingerprint density at radius 2 is 2.05 bits per heavy atom. The molecule has 118 valence electrons. The van der Waals surface area contributed by atoms with Gasteiger partial charge in [0, 0.05) is 22.9 Å². The Morgan fingerprint density at radius 1 is 1.29 bits per heavy atom. The zero-order valence-electron chi connectivity index (χ0n) is 13.8. The molecule has 1 fully saturated rings. The van der Waals surface area contributed by atoms with E-state index in [-0.39, 0.29) is 0 Å². The molecular weight excluding hydrogens is 324 g/mol. The molecule has 0 spiro atoms. The third-order valence-electron chi connectivity index (χ3n) is 4.93. The van der Waals surface area contributed by atoms with Gasteiger partial charge >= 0.3 is 0 Å². The minimum atomic E-state index is 0.422. The van der Waals surface area contributed by atoms with Gasteiger partial charge in [-0.1, -0.05) is 27.7 Å². The second kappa shape index (κ2) is 7.23. The van der Waals surface area contributed by atoms with Crippen molar-refractivity contribution >= 4 is 15.9 Å². The average molecular weight is 353 g/mol. The van der Waals surface area contributed by atoms with Gasteiger partial charge in [0.2, 0.25) is 0 Å². The van der Waals surface area contributed by atoms with E-state index < -0.39 is 0 Å². The Kier molecular flexibility index (Phi) is 5.84. The SMILES string of the molecule is CCNC1CCC(C(C)(C)C)CC1Cc1cncc(Br)c1. The largest absolute Gasteiger partial charge is 0.314 e. The molecule has 0 bridgehead atoms. The summed E-state index contributed by atoms with van der Waals surface area (Å²) >= 11 is 3.54. The predicted octanol–water partition coefficient (Wildman–Crippen LogP) is 4.83. The monoisotopic (exact) mass is 352 g/mol. The van der Waals surface area contributed by atoms with Gasteiger partial charge in [-0.15, -0.1) is 0 Å². The Morgan fingerprint density at radius 3 is 2.67 bits per heavy atom. The highest BCUT2D eigenvalue weighted by Gasteiger charge is 2.35. The van der Waals surface area contributed by atoms with Crippen LogP contribution in [0.2, 0.25) is 0 Å². The molecule has 0 aromatic carbocycles. The van der Waals surface area contributed by atoms with E-state index in [1.165, 1.54) is 24.8 Å². The number of halogens is 1. The Balaban J connectivity index is 2.10. The van der Waals surface area contributed by atoms with Gasteiger partial charge in [-0.25, -0.2) is 0 Å². The Labute approximate surface area is 138 Å². The van der Waals surface area contributed by atoms with Crippen LogP contribution in [-0.2, 0) is 6.42 Å². The average Bonchev–Trinajstić information content (AvgIpc) is 2.40.